The minimum Gasteiger partial charge on any atom is -0.330 e. The second-order valence-corrected chi connectivity index (χ2v) is 4.50. The summed E-state index contributed by atoms with van der Waals surface area (Å²) in [6, 6.07) is 0. The van der Waals surface area contributed by atoms with Crippen molar-refractivity contribution >= 4 is 11.3 Å². The first kappa shape index (κ1) is 8.27. The van der Waals surface area contributed by atoms with Crippen molar-refractivity contribution in [2.45, 2.75) is 32.1 Å². The van der Waals surface area contributed by atoms with Gasteiger partial charge in [0, 0.05) is 10.8 Å². The minimum absolute atomic E-state index is 0.660. The Hall–Kier alpha value is -0.340. The lowest BCUT2D eigenvalue weighted by molar-refractivity contribution is 0.570. The summed E-state index contributed by atoms with van der Waals surface area (Å²) in [5, 5.41) is 2.28. The molecule has 0 bridgehead atoms. The van der Waals surface area contributed by atoms with Gasteiger partial charge in [-0.25, -0.2) is 0 Å². The van der Waals surface area contributed by atoms with E-state index in [0.29, 0.717) is 5.92 Å². The van der Waals surface area contributed by atoms with Crippen molar-refractivity contribution in [3.8, 4) is 0 Å². The van der Waals surface area contributed by atoms with E-state index in [1.807, 2.05) is 11.3 Å². The molecular formula is C10H15NS. The Balaban J connectivity index is 2.38. The molecule has 0 amide bonds. The highest BCUT2D eigenvalue weighted by Crippen LogP contribution is 2.36. The number of fused-ring (bicyclic) bond motifs is 1. The van der Waals surface area contributed by atoms with E-state index in [4.69, 9.17) is 5.73 Å². The van der Waals surface area contributed by atoms with Gasteiger partial charge in [0.2, 0.25) is 0 Å². The molecule has 1 aromatic rings. The van der Waals surface area contributed by atoms with E-state index in [2.05, 4.69) is 12.3 Å². The lowest BCUT2D eigenvalue weighted by Gasteiger charge is -2.21. The molecule has 0 saturated heterocycles. The fourth-order valence-corrected chi connectivity index (χ4v) is 3.29. The molecule has 1 nitrogen and oxygen atoms in total. The van der Waals surface area contributed by atoms with Crippen LogP contribution in [-0.4, -0.2) is 6.54 Å². The van der Waals surface area contributed by atoms with Crippen molar-refractivity contribution in [2.24, 2.45) is 5.73 Å². The Labute approximate surface area is 77.6 Å². The monoisotopic (exact) mass is 181 g/mol. The molecule has 2 rings (SSSR count). The van der Waals surface area contributed by atoms with Crippen molar-refractivity contribution in [1.82, 2.24) is 0 Å². The number of nitrogens with two attached hydrogens (primary N) is 1. The lowest BCUT2D eigenvalue weighted by atomic mass is 9.88. The third-order valence-corrected chi connectivity index (χ3v) is 4.08. The van der Waals surface area contributed by atoms with Crippen LogP contribution in [-0.2, 0) is 6.42 Å². The molecule has 0 saturated carbocycles. The van der Waals surface area contributed by atoms with Gasteiger partial charge in [0.05, 0.1) is 0 Å². The molecule has 0 aliphatic heterocycles. The molecule has 2 heteroatoms. The number of hydrogen-bond acceptors (Lipinski definition) is 2. The zero-order valence-electron chi connectivity index (χ0n) is 7.47. The molecule has 66 valence electrons. The second kappa shape index (κ2) is 3.19. The minimum atomic E-state index is 0.660. The summed E-state index contributed by atoms with van der Waals surface area (Å²) >= 11 is 1.90. The van der Waals surface area contributed by atoms with Crippen LogP contribution < -0.4 is 5.73 Å². The third-order valence-electron chi connectivity index (χ3n) is 2.77. The van der Waals surface area contributed by atoms with Crippen LogP contribution in [0.3, 0.4) is 0 Å². The SMILES string of the molecule is Cc1csc2c1CCCC2CN. The van der Waals surface area contributed by atoms with Crippen molar-refractivity contribution in [3.63, 3.8) is 0 Å². The van der Waals surface area contributed by atoms with Crippen molar-refractivity contribution < 1.29 is 0 Å². The molecule has 0 radical (unpaired) electrons. The lowest BCUT2D eigenvalue weighted by Crippen LogP contribution is -2.16. The van der Waals surface area contributed by atoms with Crippen LogP contribution in [0.15, 0.2) is 5.38 Å². The molecule has 1 heterocycles. The smallest absolute Gasteiger partial charge is 0.0123 e. The molecule has 1 aliphatic rings. The molecular weight excluding hydrogens is 166 g/mol. The number of aryl methyl sites for hydroxylation is 1. The first-order valence-electron chi connectivity index (χ1n) is 4.60. The highest BCUT2D eigenvalue weighted by molar-refractivity contribution is 7.10. The van der Waals surface area contributed by atoms with Gasteiger partial charge in [-0.2, -0.15) is 0 Å². The van der Waals surface area contributed by atoms with E-state index in [9.17, 15) is 0 Å². The normalized spacial score (nSPS) is 22.3. The number of rotatable bonds is 1. The van der Waals surface area contributed by atoms with Crippen LogP contribution in [0, 0.1) is 6.92 Å². The predicted octanol–water partition coefficient (Wildman–Crippen LogP) is 2.44. The Morgan fingerprint density at radius 3 is 3.25 bits per heavy atom. The first-order valence-corrected chi connectivity index (χ1v) is 5.48. The van der Waals surface area contributed by atoms with Crippen molar-refractivity contribution in [1.29, 1.82) is 0 Å². The summed E-state index contributed by atoms with van der Waals surface area (Å²) in [6.45, 7) is 3.04. The quantitative estimate of drug-likeness (QED) is 0.707. The molecule has 0 spiro atoms. The largest absolute Gasteiger partial charge is 0.330 e. The summed E-state index contributed by atoms with van der Waals surface area (Å²) in [6.07, 6.45) is 3.90. The van der Waals surface area contributed by atoms with Gasteiger partial charge in [0.25, 0.3) is 0 Å². The van der Waals surface area contributed by atoms with Crippen molar-refractivity contribution in [2.75, 3.05) is 6.54 Å². The Kier molecular flexibility index (Phi) is 2.20. The summed E-state index contributed by atoms with van der Waals surface area (Å²) in [7, 11) is 0. The second-order valence-electron chi connectivity index (χ2n) is 3.59. The highest BCUT2D eigenvalue weighted by Gasteiger charge is 2.21. The summed E-state index contributed by atoms with van der Waals surface area (Å²) in [5.41, 5.74) is 8.81. The molecule has 1 aromatic heterocycles. The maximum absolute atomic E-state index is 5.73. The van der Waals surface area contributed by atoms with Crippen LogP contribution in [0.25, 0.3) is 0 Å². The average molecular weight is 181 g/mol. The van der Waals surface area contributed by atoms with Crippen LogP contribution in [0.5, 0.6) is 0 Å². The molecule has 2 N–H and O–H groups in total. The van der Waals surface area contributed by atoms with Gasteiger partial charge in [-0.1, -0.05) is 0 Å². The maximum atomic E-state index is 5.73. The highest BCUT2D eigenvalue weighted by atomic mass is 32.1. The first-order chi connectivity index (χ1) is 5.83. The van der Waals surface area contributed by atoms with E-state index >= 15 is 0 Å². The topological polar surface area (TPSA) is 26.0 Å². The summed E-state index contributed by atoms with van der Waals surface area (Å²) in [5.74, 6) is 0.660. The van der Waals surface area contributed by atoms with Gasteiger partial charge in [-0.15, -0.1) is 11.3 Å². The fourth-order valence-electron chi connectivity index (χ4n) is 2.03. The Bertz CT molecular complexity index is 277. The van der Waals surface area contributed by atoms with Crippen LogP contribution in [0.2, 0.25) is 0 Å². The van der Waals surface area contributed by atoms with Crippen LogP contribution >= 0.6 is 11.3 Å². The summed E-state index contributed by atoms with van der Waals surface area (Å²) in [4.78, 5) is 1.57. The standard InChI is InChI=1S/C10H15NS/c1-7-6-12-10-8(5-11)3-2-4-9(7)10/h6,8H,2-5,11H2,1H3. The number of thiophene rings is 1. The molecule has 1 unspecified atom stereocenters. The average Bonchev–Trinajstić information content (AvgIpc) is 2.48. The van der Waals surface area contributed by atoms with Gasteiger partial charge >= 0.3 is 0 Å². The molecule has 0 fully saturated rings. The fraction of sp³-hybridized carbons (Fsp3) is 0.600. The Morgan fingerprint density at radius 2 is 2.50 bits per heavy atom. The summed E-state index contributed by atoms with van der Waals surface area (Å²) < 4.78 is 0. The van der Waals surface area contributed by atoms with Gasteiger partial charge in [-0.05, 0) is 49.2 Å². The van der Waals surface area contributed by atoms with Gasteiger partial charge in [-0.3, -0.25) is 0 Å². The third kappa shape index (κ3) is 1.19. The molecule has 0 aromatic carbocycles. The van der Waals surface area contributed by atoms with Gasteiger partial charge in [0.1, 0.15) is 0 Å². The van der Waals surface area contributed by atoms with Crippen molar-refractivity contribution in [3.05, 3.63) is 21.4 Å². The Morgan fingerprint density at radius 1 is 1.67 bits per heavy atom. The maximum Gasteiger partial charge on any atom is 0.0123 e. The zero-order valence-corrected chi connectivity index (χ0v) is 8.29. The predicted molar refractivity (Wildman–Crippen MR) is 53.8 cm³/mol. The van der Waals surface area contributed by atoms with E-state index in [-0.39, 0.29) is 0 Å². The van der Waals surface area contributed by atoms with E-state index < -0.39 is 0 Å². The van der Waals surface area contributed by atoms with E-state index in [1.165, 1.54) is 24.8 Å². The molecule has 1 aliphatic carbocycles. The van der Waals surface area contributed by atoms with E-state index in [1.54, 1.807) is 10.4 Å². The van der Waals surface area contributed by atoms with E-state index in [0.717, 1.165) is 6.54 Å². The molecule has 12 heavy (non-hydrogen) atoms. The molecule has 1 atom stereocenters. The van der Waals surface area contributed by atoms with Crippen LogP contribution in [0.4, 0.5) is 0 Å². The van der Waals surface area contributed by atoms with Gasteiger partial charge < -0.3 is 5.73 Å². The zero-order chi connectivity index (χ0) is 8.55. The van der Waals surface area contributed by atoms with Gasteiger partial charge in [0.15, 0.2) is 0 Å². The van der Waals surface area contributed by atoms with Crippen LogP contribution in [0.1, 0.15) is 34.8 Å². The number of hydrogen-bond donors (Lipinski definition) is 1.